The summed E-state index contributed by atoms with van der Waals surface area (Å²) < 4.78 is 14.3. The van der Waals surface area contributed by atoms with Crippen molar-refractivity contribution in [2.24, 2.45) is 28.6 Å². The van der Waals surface area contributed by atoms with E-state index in [1.165, 1.54) is 5.56 Å². The second-order valence-corrected chi connectivity index (χ2v) is 18.1. The highest BCUT2D eigenvalue weighted by atomic mass is 16.6. The summed E-state index contributed by atoms with van der Waals surface area (Å²) in [4.78, 5) is 28.9. The lowest BCUT2D eigenvalue weighted by Gasteiger charge is -2.51. The number of hydrogen-bond acceptors (Lipinski definition) is 6. The molecule has 1 heterocycles. The molecule has 6 nitrogen and oxygen atoms in total. The molecular weight excluding hydrogens is 576 g/mol. The van der Waals surface area contributed by atoms with Crippen molar-refractivity contribution in [2.45, 2.75) is 161 Å². The third-order valence-corrected chi connectivity index (χ3v) is 13.8. The number of fused-ring (bicyclic) bond motifs is 7. The molecule has 5 aliphatic carbocycles. The molecule has 0 unspecified atom stereocenters. The first kappa shape index (κ1) is 32.4. The summed E-state index contributed by atoms with van der Waals surface area (Å²) in [6.07, 6.45) is 8.41. The molecule has 46 heavy (non-hydrogen) atoms. The minimum Gasteiger partial charge on any atom is -0.477 e. The van der Waals surface area contributed by atoms with Gasteiger partial charge in [-0.15, -0.1) is 0 Å². The van der Waals surface area contributed by atoms with Crippen molar-refractivity contribution in [1.29, 1.82) is 0 Å². The fraction of sp³-hybridized carbons (Fsp3) is 0.750. The van der Waals surface area contributed by atoms with Gasteiger partial charge in [0.1, 0.15) is 0 Å². The molecule has 2 saturated carbocycles. The molecule has 0 saturated heterocycles. The summed E-state index contributed by atoms with van der Waals surface area (Å²) in [6, 6.07) is 2.27. The lowest BCUT2D eigenvalue weighted by atomic mass is 9.59. The smallest absolute Gasteiger partial charge is 0.250 e. The van der Waals surface area contributed by atoms with E-state index in [-0.39, 0.29) is 40.9 Å². The molecule has 252 valence electrons. The van der Waals surface area contributed by atoms with Crippen LogP contribution in [0.15, 0.2) is 17.2 Å². The molecule has 0 spiro atoms. The molecule has 0 aromatic heterocycles. The molecule has 2 N–H and O–H groups in total. The average molecular weight is 633 g/mol. The van der Waals surface area contributed by atoms with Crippen LogP contribution in [-0.2, 0) is 22.4 Å². The predicted molar refractivity (Wildman–Crippen MR) is 178 cm³/mol. The number of carbonyl (C=O) groups is 2. The third-order valence-electron chi connectivity index (χ3n) is 13.8. The second kappa shape index (κ2) is 10.4. The normalized spacial score (nSPS) is 37.9. The van der Waals surface area contributed by atoms with Gasteiger partial charge in [0.25, 0.3) is 5.78 Å². The molecule has 7 rings (SSSR count). The van der Waals surface area contributed by atoms with Gasteiger partial charge in [0, 0.05) is 35.5 Å². The van der Waals surface area contributed by atoms with Crippen molar-refractivity contribution in [3.63, 3.8) is 0 Å². The molecule has 1 aromatic carbocycles. The number of ketones is 2. The number of benzene rings is 1. The minimum atomic E-state index is -1.50. The molecule has 6 atom stereocenters. The molecule has 0 bridgehead atoms. The summed E-state index contributed by atoms with van der Waals surface area (Å²) in [5, 5.41) is 24.5. The topological polar surface area (TPSA) is 93.1 Å². The maximum atomic E-state index is 14.6. The van der Waals surface area contributed by atoms with Crippen LogP contribution in [0.25, 0.3) is 0 Å². The van der Waals surface area contributed by atoms with Gasteiger partial charge < -0.3 is 19.7 Å². The highest BCUT2D eigenvalue weighted by molar-refractivity contribution is 6.47. The van der Waals surface area contributed by atoms with Gasteiger partial charge >= 0.3 is 0 Å². The lowest BCUT2D eigenvalue weighted by Crippen LogP contribution is -2.67. The van der Waals surface area contributed by atoms with Crippen LogP contribution in [0.3, 0.4) is 0 Å². The number of hydrogen-bond donors (Lipinski definition) is 2. The zero-order valence-electron chi connectivity index (χ0n) is 29.5. The average Bonchev–Trinajstić information content (AvgIpc) is 3.22. The van der Waals surface area contributed by atoms with Gasteiger partial charge in [-0.2, -0.15) is 0 Å². The Labute approximate surface area is 275 Å². The first-order valence-corrected chi connectivity index (χ1v) is 18.3. The quantitative estimate of drug-likeness (QED) is 0.327. The highest BCUT2D eigenvalue weighted by Crippen LogP contribution is 2.59. The predicted octanol–water partition coefficient (Wildman–Crippen LogP) is 7.58. The number of rotatable bonds is 2. The van der Waals surface area contributed by atoms with E-state index in [0.29, 0.717) is 36.3 Å². The van der Waals surface area contributed by atoms with E-state index in [1.807, 2.05) is 13.8 Å². The van der Waals surface area contributed by atoms with E-state index in [2.05, 4.69) is 47.6 Å². The van der Waals surface area contributed by atoms with Crippen molar-refractivity contribution in [3.05, 3.63) is 33.9 Å². The van der Waals surface area contributed by atoms with Crippen molar-refractivity contribution >= 4 is 11.6 Å². The highest BCUT2D eigenvalue weighted by Gasteiger charge is 2.65. The van der Waals surface area contributed by atoms with Crippen molar-refractivity contribution in [1.82, 2.24) is 0 Å². The maximum absolute atomic E-state index is 14.6. The summed E-state index contributed by atoms with van der Waals surface area (Å²) in [5.74, 6) is 0.165. The van der Waals surface area contributed by atoms with Crippen LogP contribution >= 0.6 is 0 Å². The van der Waals surface area contributed by atoms with Crippen LogP contribution in [0, 0.1) is 28.6 Å². The summed E-state index contributed by atoms with van der Waals surface area (Å²) in [6.45, 7) is 17.3. The Kier molecular flexibility index (Phi) is 7.33. The van der Waals surface area contributed by atoms with Crippen LogP contribution in [0.1, 0.15) is 142 Å². The first-order valence-electron chi connectivity index (χ1n) is 18.3. The van der Waals surface area contributed by atoms with Gasteiger partial charge in [-0.05, 0) is 91.1 Å². The zero-order chi connectivity index (χ0) is 33.2. The van der Waals surface area contributed by atoms with Gasteiger partial charge in [-0.25, -0.2) is 0 Å². The molecule has 0 amide bonds. The molecular formula is C40H56O6. The fourth-order valence-corrected chi connectivity index (χ4v) is 11.3. The molecule has 1 aliphatic heterocycles. The minimum absolute atomic E-state index is 0.0293. The number of aliphatic hydroxyl groups is 2. The Bertz CT molecular complexity index is 1510. The van der Waals surface area contributed by atoms with E-state index in [9.17, 15) is 19.8 Å². The Morgan fingerprint density at radius 3 is 1.98 bits per heavy atom. The second-order valence-electron chi connectivity index (χ2n) is 18.1. The largest absolute Gasteiger partial charge is 0.477 e. The van der Waals surface area contributed by atoms with E-state index in [1.54, 1.807) is 0 Å². The SMILES string of the molecule is CC(C)c1cc2c(c3c1O[C@H]1C4=C(C[C@@]5(O)CCCC(C)(C)[C@@H]5CC4)C(=O)C(=O)[C@@]1(C(C)C)O3)C[C@@]1(O)CCCC(C)(C)[C@@H]1CC2. The zero-order valence-corrected chi connectivity index (χ0v) is 29.5. The Balaban J connectivity index is 1.40. The monoisotopic (exact) mass is 632 g/mol. The summed E-state index contributed by atoms with van der Waals surface area (Å²) in [7, 11) is 0. The van der Waals surface area contributed by atoms with Gasteiger partial charge in [0.2, 0.25) is 11.4 Å². The lowest BCUT2D eigenvalue weighted by molar-refractivity contribution is -0.161. The third kappa shape index (κ3) is 4.47. The molecule has 1 aromatic rings. The van der Waals surface area contributed by atoms with E-state index in [4.69, 9.17) is 9.47 Å². The standard InChI is InChI=1S/C40H56O6/c1-22(2)26-19-24-11-13-29-36(5,6)15-9-17-38(29,43)20-27(24)33-32(26)45-35-25-12-14-30-37(7,8)16-10-18-39(30,44)21-28(25)31(41)34(42)40(35,46-33)23(3)4/h19,22-23,29-30,35,43-44H,9-18,20-21H2,1-8H3/t29-,30-,35-,38-,39-,40+/m0/s1. The number of aryl methyl sites for hydroxylation is 1. The van der Waals surface area contributed by atoms with Crippen molar-refractivity contribution in [2.75, 3.05) is 0 Å². The van der Waals surface area contributed by atoms with Crippen molar-refractivity contribution < 1.29 is 29.3 Å². The fourth-order valence-electron chi connectivity index (χ4n) is 11.3. The summed E-state index contributed by atoms with van der Waals surface area (Å²) >= 11 is 0. The number of ether oxygens (including phenoxy) is 2. The van der Waals surface area contributed by atoms with Crippen LogP contribution < -0.4 is 9.47 Å². The Morgan fingerprint density at radius 2 is 1.39 bits per heavy atom. The van der Waals surface area contributed by atoms with Crippen LogP contribution in [0.4, 0.5) is 0 Å². The van der Waals surface area contributed by atoms with E-state index in [0.717, 1.165) is 68.1 Å². The first-order chi connectivity index (χ1) is 21.5. The molecule has 6 heteroatoms. The van der Waals surface area contributed by atoms with Crippen LogP contribution in [0.2, 0.25) is 0 Å². The maximum Gasteiger partial charge on any atom is 0.250 e. The summed E-state index contributed by atoms with van der Waals surface area (Å²) in [5.41, 5.74) is 1.06. The van der Waals surface area contributed by atoms with E-state index >= 15 is 0 Å². The Morgan fingerprint density at radius 1 is 0.804 bits per heavy atom. The van der Waals surface area contributed by atoms with Gasteiger partial charge in [0.15, 0.2) is 17.6 Å². The molecule has 0 radical (unpaired) electrons. The van der Waals surface area contributed by atoms with Crippen molar-refractivity contribution in [3.8, 4) is 11.5 Å². The number of carbonyl (C=O) groups excluding carboxylic acids is 2. The van der Waals surface area contributed by atoms with Gasteiger partial charge in [-0.3, -0.25) is 9.59 Å². The molecule has 6 aliphatic rings. The van der Waals surface area contributed by atoms with Gasteiger partial charge in [-0.1, -0.05) is 74.3 Å². The van der Waals surface area contributed by atoms with Gasteiger partial charge in [0.05, 0.1) is 11.2 Å². The molecule has 2 fully saturated rings. The number of Topliss-reactive ketones (excluding diaryl/α,β-unsaturated/α-hetero) is 2. The Hall–Kier alpha value is -2.18. The van der Waals surface area contributed by atoms with Crippen LogP contribution in [0.5, 0.6) is 11.5 Å². The van der Waals surface area contributed by atoms with Crippen LogP contribution in [-0.4, -0.2) is 44.7 Å². The van der Waals surface area contributed by atoms with E-state index < -0.39 is 34.5 Å².